The lowest BCUT2D eigenvalue weighted by atomic mass is 10.1. The zero-order valence-electron chi connectivity index (χ0n) is 15.8. The summed E-state index contributed by atoms with van der Waals surface area (Å²) >= 11 is 0. The Labute approximate surface area is 158 Å². The summed E-state index contributed by atoms with van der Waals surface area (Å²) in [7, 11) is -3.55. The van der Waals surface area contributed by atoms with Gasteiger partial charge in [-0.2, -0.15) is 13.1 Å². The molecule has 0 aliphatic carbocycles. The summed E-state index contributed by atoms with van der Waals surface area (Å²) in [4.78, 5) is 4.67. The lowest BCUT2D eigenvalue weighted by Crippen LogP contribution is -2.34. The van der Waals surface area contributed by atoms with Crippen molar-refractivity contribution in [2.45, 2.75) is 51.9 Å². The molecule has 2 saturated heterocycles. The second kappa shape index (κ2) is 8.95. The second-order valence-corrected chi connectivity index (χ2v) is 8.80. The SMILES string of the molecule is CCCNS(=O)(=O)Nc1cc(N2CCCCC2)ccc1N1CCCCC1. The molecule has 0 saturated carbocycles. The second-order valence-electron chi connectivity index (χ2n) is 7.30. The Balaban J connectivity index is 1.87. The molecule has 26 heavy (non-hydrogen) atoms. The van der Waals surface area contributed by atoms with Crippen LogP contribution in [-0.4, -0.2) is 41.1 Å². The van der Waals surface area contributed by atoms with Crippen LogP contribution in [0.25, 0.3) is 0 Å². The van der Waals surface area contributed by atoms with E-state index in [1.807, 2.05) is 13.0 Å². The summed E-state index contributed by atoms with van der Waals surface area (Å²) in [6, 6.07) is 6.25. The number of benzene rings is 1. The fourth-order valence-corrected chi connectivity index (χ4v) is 4.78. The van der Waals surface area contributed by atoms with Gasteiger partial charge in [0.05, 0.1) is 11.4 Å². The topological polar surface area (TPSA) is 64.7 Å². The number of nitrogens with zero attached hydrogens (tertiary/aromatic N) is 2. The fraction of sp³-hybridized carbons (Fsp3) is 0.684. The van der Waals surface area contributed by atoms with E-state index in [-0.39, 0.29) is 0 Å². The van der Waals surface area contributed by atoms with Crippen molar-refractivity contribution in [3.05, 3.63) is 18.2 Å². The Morgan fingerprint density at radius 3 is 2.15 bits per heavy atom. The van der Waals surface area contributed by atoms with E-state index in [4.69, 9.17) is 0 Å². The van der Waals surface area contributed by atoms with Crippen LogP contribution in [0.2, 0.25) is 0 Å². The molecule has 2 N–H and O–H groups in total. The molecule has 0 atom stereocenters. The van der Waals surface area contributed by atoms with Gasteiger partial charge in [0.25, 0.3) is 10.2 Å². The van der Waals surface area contributed by atoms with Gasteiger partial charge in [0.1, 0.15) is 0 Å². The quantitative estimate of drug-likeness (QED) is 0.762. The Morgan fingerprint density at radius 2 is 1.54 bits per heavy atom. The van der Waals surface area contributed by atoms with Crippen LogP contribution in [0.1, 0.15) is 51.9 Å². The molecule has 0 spiro atoms. The zero-order valence-corrected chi connectivity index (χ0v) is 16.7. The van der Waals surface area contributed by atoms with Crippen molar-refractivity contribution in [1.29, 1.82) is 0 Å². The highest BCUT2D eigenvalue weighted by molar-refractivity contribution is 7.90. The number of piperidine rings is 2. The molecule has 2 aliphatic rings. The standard InChI is InChI=1S/C19H32N4O2S/c1-2-11-20-26(24,25)21-18-16-17(22-12-5-3-6-13-22)9-10-19(18)23-14-7-4-8-15-23/h9-10,16,20-21H,2-8,11-15H2,1H3. The summed E-state index contributed by atoms with van der Waals surface area (Å²) in [5.74, 6) is 0. The molecule has 1 aromatic rings. The Hall–Kier alpha value is -1.47. The van der Waals surface area contributed by atoms with Gasteiger partial charge >= 0.3 is 0 Å². The van der Waals surface area contributed by atoms with Crippen LogP contribution in [-0.2, 0) is 10.2 Å². The van der Waals surface area contributed by atoms with Gasteiger partial charge in [0.2, 0.25) is 0 Å². The number of anilines is 3. The molecule has 2 fully saturated rings. The van der Waals surface area contributed by atoms with E-state index in [9.17, 15) is 8.42 Å². The Kier molecular flexibility index (Phi) is 6.64. The molecule has 2 aliphatic heterocycles. The van der Waals surface area contributed by atoms with Crippen molar-refractivity contribution in [3.63, 3.8) is 0 Å². The largest absolute Gasteiger partial charge is 0.371 e. The lowest BCUT2D eigenvalue weighted by Gasteiger charge is -2.33. The Bertz CT molecular complexity index is 681. The third-order valence-electron chi connectivity index (χ3n) is 5.18. The van der Waals surface area contributed by atoms with E-state index >= 15 is 0 Å². The van der Waals surface area contributed by atoms with Crippen molar-refractivity contribution < 1.29 is 8.42 Å². The van der Waals surface area contributed by atoms with Crippen LogP contribution >= 0.6 is 0 Å². The summed E-state index contributed by atoms with van der Waals surface area (Å²) in [6.07, 6.45) is 8.03. The maximum atomic E-state index is 12.4. The molecule has 0 amide bonds. The van der Waals surface area contributed by atoms with Gasteiger partial charge < -0.3 is 9.80 Å². The molecule has 7 heteroatoms. The Morgan fingerprint density at radius 1 is 0.923 bits per heavy atom. The van der Waals surface area contributed by atoms with Crippen molar-refractivity contribution in [3.8, 4) is 0 Å². The summed E-state index contributed by atoms with van der Waals surface area (Å²) in [5, 5.41) is 0. The molecule has 0 aromatic heterocycles. The maximum Gasteiger partial charge on any atom is 0.299 e. The van der Waals surface area contributed by atoms with Crippen LogP contribution in [0.15, 0.2) is 18.2 Å². The predicted octanol–water partition coefficient (Wildman–Crippen LogP) is 3.32. The molecule has 146 valence electrons. The normalized spacial score (nSPS) is 18.8. The van der Waals surface area contributed by atoms with Crippen molar-refractivity contribution in [1.82, 2.24) is 4.72 Å². The van der Waals surface area contributed by atoms with Crippen LogP contribution < -0.4 is 19.2 Å². The van der Waals surface area contributed by atoms with Gasteiger partial charge in [-0.05, 0) is 63.1 Å². The molecule has 2 heterocycles. The van der Waals surface area contributed by atoms with E-state index in [0.29, 0.717) is 12.2 Å². The highest BCUT2D eigenvalue weighted by Crippen LogP contribution is 2.34. The fourth-order valence-electron chi connectivity index (χ4n) is 3.78. The van der Waals surface area contributed by atoms with Crippen LogP contribution in [0.3, 0.4) is 0 Å². The van der Waals surface area contributed by atoms with Gasteiger partial charge in [-0.1, -0.05) is 6.92 Å². The minimum absolute atomic E-state index is 0.445. The van der Waals surface area contributed by atoms with Gasteiger partial charge in [-0.3, -0.25) is 4.72 Å². The first-order valence-electron chi connectivity index (χ1n) is 10.0. The molecule has 0 radical (unpaired) electrons. The molecule has 1 aromatic carbocycles. The first-order valence-corrected chi connectivity index (χ1v) is 11.5. The van der Waals surface area contributed by atoms with Crippen molar-refractivity contribution in [2.24, 2.45) is 0 Å². The van der Waals surface area contributed by atoms with E-state index in [1.165, 1.54) is 25.7 Å². The molecule has 3 rings (SSSR count). The van der Waals surface area contributed by atoms with Crippen molar-refractivity contribution >= 4 is 27.3 Å². The van der Waals surface area contributed by atoms with Gasteiger partial charge in [0, 0.05) is 38.4 Å². The maximum absolute atomic E-state index is 12.4. The summed E-state index contributed by atoms with van der Waals surface area (Å²) in [6.45, 7) is 6.46. The predicted molar refractivity (Wildman–Crippen MR) is 109 cm³/mol. The first-order chi connectivity index (χ1) is 12.6. The number of nitrogens with one attached hydrogen (secondary N) is 2. The van der Waals surface area contributed by atoms with Gasteiger partial charge in [0.15, 0.2) is 0 Å². The summed E-state index contributed by atoms with van der Waals surface area (Å²) in [5.41, 5.74) is 2.80. The van der Waals surface area contributed by atoms with Crippen LogP contribution in [0.4, 0.5) is 17.1 Å². The minimum Gasteiger partial charge on any atom is -0.371 e. The molecule has 0 unspecified atom stereocenters. The lowest BCUT2D eigenvalue weighted by molar-refractivity contribution is 0.575. The van der Waals surface area contributed by atoms with Gasteiger partial charge in [-0.15, -0.1) is 0 Å². The molecular weight excluding hydrogens is 348 g/mol. The zero-order chi connectivity index (χ0) is 18.4. The number of rotatable bonds is 7. The molecular formula is C19H32N4O2S. The number of hydrogen-bond acceptors (Lipinski definition) is 4. The number of hydrogen-bond donors (Lipinski definition) is 2. The highest BCUT2D eigenvalue weighted by atomic mass is 32.2. The first kappa shape index (κ1) is 19.3. The highest BCUT2D eigenvalue weighted by Gasteiger charge is 2.20. The summed E-state index contributed by atoms with van der Waals surface area (Å²) < 4.78 is 30.3. The average Bonchev–Trinajstić information content (AvgIpc) is 2.67. The third kappa shape index (κ3) is 5.04. The molecule has 0 bridgehead atoms. The monoisotopic (exact) mass is 380 g/mol. The van der Waals surface area contributed by atoms with E-state index in [1.54, 1.807) is 0 Å². The third-order valence-corrected chi connectivity index (χ3v) is 6.26. The van der Waals surface area contributed by atoms with Crippen molar-refractivity contribution in [2.75, 3.05) is 47.2 Å². The van der Waals surface area contributed by atoms with Crippen LogP contribution in [0, 0.1) is 0 Å². The van der Waals surface area contributed by atoms with E-state index < -0.39 is 10.2 Å². The van der Waals surface area contributed by atoms with E-state index in [0.717, 1.165) is 56.8 Å². The average molecular weight is 381 g/mol. The minimum atomic E-state index is -3.55. The molecule has 6 nitrogen and oxygen atoms in total. The smallest absolute Gasteiger partial charge is 0.299 e. The van der Waals surface area contributed by atoms with Gasteiger partial charge in [-0.25, -0.2) is 0 Å². The van der Waals surface area contributed by atoms with E-state index in [2.05, 4.69) is 31.4 Å². The van der Waals surface area contributed by atoms with Crippen LogP contribution in [0.5, 0.6) is 0 Å².